The Bertz CT molecular complexity index is 365. The van der Waals surface area contributed by atoms with E-state index in [-0.39, 0.29) is 0 Å². The summed E-state index contributed by atoms with van der Waals surface area (Å²) >= 11 is 11.3. The minimum Gasteiger partial charge on any atom is -0.320 e. The van der Waals surface area contributed by atoms with Crippen molar-refractivity contribution < 1.29 is 4.79 Å². The van der Waals surface area contributed by atoms with Crippen LogP contribution in [-0.4, -0.2) is 10.3 Å². The molecule has 1 amide bonds. The number of nitrogens with zero attached hydrogens (tertiary/aromatic N) is 1. The van der Waals surface area contributed by atoms with Crippen molar-refractivity contribution in [2.45, 2.75) is 13.1 Å². The Kier molecular flexibility index (Phi) is 2.18. The molecule has 1 aliphatic heterocycles. The molecule has 2 nitrogen and oxygen atoms in total. The summed E-state index contributed by atoms with van der Waals surface area (Å²) in [5.74, 6) is 0. The number of benzene rings is 1. The van der Waals surface area contributed by atoms with E-state index >= 15 is 0 Å². The summed E-state index contributed by atoms with van der Waals surface area (Å²) in [7, 11) is 0. The second-order valence-corrected chi connectivity index (χ2v) is 3.72. The van der Waals surface area contributed by atoms with Crippen LogP contribution in [0.15, 0.2) is 18.2 Å². The maximum Gasteiger partial charge on any atom is 0.316 e. The summed E-state index contributed by atoms with van der Waals surface area (Å²) in [4.78, 5) is 12.4. The Morgan fingerprint density at radius 1 is 1.38 bits per heavy atom. The molecule has 2 rings (SSSR count). The summed E-state index contributed by atoms with van der Waals surface area (Å²) in [5.41, 5.74) is 2.10. The number of hydrogen-bond donors (Lipinski definition) is 0. The smallest absolute Gasteiger partial charge is 0.316 e. The van der Waals surface area contributed by atoms with E-state index in [1.54, 1.807) is 4.90 Å². The first-order chi connectivity index (χ1) is 6.18. The maximum absolute atomic E-state index is 10.9. The zero-order valence-electron chi connectivity index (χ0n) is 6.76. The highest BCUT2D eigenvalue weighted by Crippen LogP contribution is 2.29. The number of hydrogen-bond acceptors (Lipinski definition) is 1. The van der Waals surface area contributed by atoms with Gasteiger partial charge in [0.15, 0.2) is 0 Å². The fourth-order valence-electron chi connectivity index (χ4n) is 1.51. The Morgan fingerprint density at radius 2 is 2.15 bits per heavy atom. The number of rotatable bonds is 0. The lowest BCUT2D eigenvalue weighted by Gasteiger charge is -2.09. The van der Waals surface area contributed by atoms with Crippen molar-refractivity contribution in [2.75, 3.05) is 0 Å². The van der Waals surface area contributed by atoms with E-state index in [1.807, 2.05) is 18.2 Å². The first-order valence-electron chi connectivity index (χ1n) is 3.89. The quantitative estimate of drug-likeness (QED) is 0.482. The first-order valence-corrected chi connectivity index (χ1v) is 4.65. The molecule has 0 saturated heterocycles. The molecule has 0 unspecified atom stereocenters. The molecule has 1 heterocycles. The van der Waals surface area contributed by atoms with Gasteiger partial charge in [-0.1, -0.05) is 23.7 Å². The van der Waals surface area contributed by atoms with Gasteiger partial charge in [0.25, 0.3) is 0 Å². The molecule has 4 heteroatoms. The van der Waals surface area contributed by atoms with E-state index in [4.69, 9.17) is 23.2 Å². The van der Waals surface area contributed by atoms with Crippen LogP contribution >= 0.6 is 23.2 Å². The Hall–Kier alpha value is -0.730. The fraction of sp³-hybridized carbons (Fsp3) is 0.222. The van der Waals surface area contributed by atoms with Gasteiger partial charge in [0.2, 0.25) is 0 Å². The van der Waals surface area contributed by atoms with Crippen LogP contribution in [-0.2, 0) is 13.1 Å². The Labute approximate surface area is 86.0 Å². The van der Waals surface area contributed by atoms with Crippen molar-refractivity contribution in [2.24, 2.45) is 0 Å². The van der Waals surface area contributed by atoms with E-state index in [0.29, 0.717) is 18.1 Å². The SMILES string of the molecule is O=C(Cl)N1Cc2cccc(Cl)c2C1. The van der Waals surface area contributed by atoms with E-state index in [1.165, 1.54) is 0 Å². The second-order valence-electron chi connectivity index (χ2n) is 2.99. The van der Waals surface area contributed by atoms with Crippen LogP contribution in [0.25, 0.3) is 0 Å². The second kappa shape index (κ2) is 3.20. The lowest BCUT2D eigenvalue weighted by atomic mass is 10.1. The highest BCUT2D eigenvalue weighted by Gasteiger charge is 2.23. The van der Waals surface area contributed by atoms with Crippen LogP contribution in [0.2, 0.25) is 5.02 Å². The van der Waals surface area contributed by atoms with Gasteiger partial charge in [0, 0.05) is 18.1 Å². The van der Waals surface area contributed by atoms with Crippen molar-refractivity contribution in [3.8, 4) is 0 Å². The molecule has 0 radical (unpaired) electrons. The van der Waals surface area contributed by atoms with Gasteiger partial charge in [-0.2, -0.15) is 0 Å². The molecule has 0 bridgehead atoms. The van der Waals surface area contributed by atoms with Gasteiger partial charge >= 0.3 is 5.37 Å². The normalized spacial score (nSPS) is 14.5. The third-order valence-electron chi connectivity index (χ3n) is 2.17. The van der Waals surface area contributed by atoms with Gasteiger partial charge < -0.3 is 4.90 Å². The van der Waals surface area contributed by atoms with Gasteiger partial charge in [0.1, 0.15) is 0 Å². The highest BCUT2D eigenvalue weighted by molar-refractivity contribution is 6.62. The Balaban J connectivity index is 2.35. The number of carbonyl (C=O) groups is 1. The summed E-state index contributed by atoms with van der Waals surface area (Å²) in [5, 5.41) is 0.283. The predicted octanol–water partition coefficient (Wildman–Crippen LogP) is 3.01. The van der Waals surface area contributed by atoms with Crippen molar-refractivity contribution >= 4 is 28.6 Å². The summed E-state index contributed by atoms with van der Waals surface area (Å²) in [6.07, 6.45) is 0. The standard InChI is InChI=1S/C9H7Cl2NO/c10-8-3-1-2-6-4-12(9(11)13)5-7(6)8/h1-3H,4-5H2. The molecule has 0 fully saturated rings. The molecule has 1 aliphatic rings. The van der Waals surface area contributed by atoms with Crippen molar-refractivity contribution in [1.82, 2.24) is 4.90 Å². The monoisotopic (exact) mass is 215 g/mol. The van der Waals surface area contributed by atoms with Crippen LogP contribution in [0.5, 0.6) is 0 Å². The van der Waals surface area contributed by atoms with Crippen LogP contribution in [0.3, 0.4) is 0 Å². The largest absolute Gasteiger partial charge is 0.320 e. The molecule has 0 N–H and O–H groups in total. The van der Waals surface area contributed by atoms with E-state index in [0.717, 1.165) is 11.1 Å². The van der Waals surface area contributed by atoms with Gasteiger partial charge in [0.05, 0.1) is 0 Å². The molecule has 13 heavy (non-hydrogen) atoms. The van der Waals surface area contributed by atoms with Crippen LogP contribution in [0.1, 0.15) is 11.1 Å². The zero-order valence-corrected chi connectivity index (χ0v) is 8.27. The van der Waals surface area contributed by atoms with Gasteiger partial charge in [-0.25, -0.2) is 0 Å². The summed E-state index contributed by atoms with van der Waals surface area (Å²) in [6.45, 7) is 1.09. The van der Waals surface area contributed by atoms with E-state index < -0.39 is 5.37 Å². The van der Waals surface area contributed by atoms with Gasteiger partial charge in [-0.3, -0.25) is 4.79 Å². The molecule has 1 aromatic carbocycles. The van der Waals surface area contributed by atoms with E-state index in [2.05, 4.69) is 0 Å². The molecule has 68 valence electrons. The fourth-order valence-corrected chi connectivity index (χ4v) is 1.88. The summed E-state index contributed by atoms with van der Waals surface area (Å²) in [6, 6.07) is 5.66. The lowest BCUT2D eigenvalue weighted by molar-refractivity contribution is 0.223. The molecule has 1 aromatic rings. The molecule has 0 aromatic heterocycles. The van der Waals surface area contributed by atoms with Gasteiger partial charge in [-0.15, -0.1) is 0 Å². The third kappa shape index (κ3) is 1.52. The summed E-state index contributed by atoms with van der Waals surface area (Å²) < 4.78 is 0. The van der Waals surface area contributed by atoms with E-state index in [9.17, 15) is 4.79 Å². The molecule has 0 spiro atoms. The maximum atomic E-state index is 10.9. The average molecular weight is 216 g/mol. The number of fused-ring (bicyclic) bond motifs is 1. The van der Waals surface area contributed by atoms with Crippen LogP contribution < -0.4 is 0 Å². The first kappa shape index (κ1) is 8.85. The Morgan fingerprint density at radius 3 is 2.77 bits per heavy atom. The zero-order chi connectivity index (χ0) is 9.42. The highest BCUT2D eigenvalue weighted by atomic mass is 35.5. The van der Waals surface area contributed by atoms with Crippen LogP contribution in [0, 0.1) is 0 Å². The van der Waals surface area contributed by atoms with Crippen molar-refractivity contribution in [3.63, 3.8) is 0 Å². The third-order valence-corrected chi connectivity index (χ3v) is 2.77. The molecule has 0 atom stereocenters. The predicted molar refractivity (Wildman–Crippen MR) is 51.9 cm³/mol. The molecule has 0 aliphatic carbocycles. The van der Waals surface area contributed by atoms with Crippen molar-refractivity contribution in [3.05, 3.63) is 34.3 Å². The topological polar surface area (TPSA) is 20.3 Å². The number of amides is 1. The average Bonchev–Trinajstić information content (AvgIpc) is 2.49. The molecule has 0 saturated carbocycles. The van der Waals surface area contributed by atoms with Gasteiger partial charge in [-0.05, 0) is 28.8 Å². The number of carbonyl (C=O) groups excluding carboxylic acids is 1. The number of halogens is 2. The van der Waals surface area contributed by atoms with Crippen LogP contribution in [0.4, 0.5) is 4.79 Å². The molecular formula is C9H7Cl2NO. The minimum absolute atomic E-state index is 0.424. The lowest BCUT2D eigenvalue weighted by Crippen LogP contribution is -2.18. The molecular weight excluding hydrogens is 209 g/mol. The minimum atomic E-state index is -0.424. The van der Waals surface area contributed by atoms with Crippen molar-refractivity contribution in [1.29, 1.82) is 0 Å².